The van der Waals surface area contributed by atoms with Gasteiger partial charge in [0.1, 0.15) is 0 Å². The van der Waals surface area contributed by atoms with E-state index in [1.807, 2.05) is 13.8 Å². The van der Waals surface area contributed by atoms with Crippen LogP contribution in [-0.4, -0.2) is 25.9 Å². The molecular weight excluding hydrogens is 166 g/mol. The zero-order valence-corrected chi connectivity index (χ0v) is 8.59. The second-order valence-electron chi connectivity index (χ2n) is 4.34. The van der Waals surface area contributed by atoms with Crippen LogP contribution in [0.3, 0.4) is 0 Å². The van der Waals surface area contributed by atoms with Crippen LogP contribution in [0.4, 0.5) is 0 Å². The number of hydrogen-bond donors (Lipinski definition) is 0. The summed E-state index contributed by atoms with van der Waals surface area (Å²) in [6, 6.07) is 2.36. The predicted octanol–water partition coefficient (Wildman–Crippen LogP) is 1.73. The van der Waals surface area contributed by atoms with Crippen molar-refractivity contribution < 1.29 is 9.47 Å². The Morgan fingerprint density at radius 1 is 1.62 bits per heavy atom. The Morgan fingerprint density at radius 2 is 2.31 bits per heavy atom. The highest BCUT2D eigenvalue weighted by Gasteiger charge is 2.40. The van der Waals surface area contributed by atoms with Gasteiger partial charge in [0.15, 0.2) is 0 Å². The monoisotopic (exact) mass is 183 g/mol. The summed E-state index contributed by atoms with van der Waals surface area (Å²) in [6.45, 7) is 5.26. The van der Waals surface area contributed by atoms with E-state index in [2.05, 4.69) is 6.07 Å². The predicted molar refractivity (Wildman–Crippen MR) is 49.2 cm³/mol. The van der Waals surface area contributed by atoms with Crippen LogP contribution in [0, 0.1) is 16.7 Å². The zero-order chi connectivity index (χ0) is 9.95. The molecule has 13 heavy (non-hydrogen) atoms. The molecule has 1 unspecified atom stereocenters. The van der Waals surface area contributed by atoms with Crippen molar-refractivity contribution in [2.75, 3.05) is 20.3 Å². The van der Waals surface area contributed by atoms with E-state index >= 15 is 0 Å². The van der Waals surface area contributed by atoms with Crippen LogP contribution in [0.15, 0.2) is 0 Å². The maximum Gasteiger partial charge on any atom is 0.0855 e. The number of rotatable bonds is 3. The van der Waals surface area contributed by atoms with Crippen molar-refractivity contribution in [3.8, 4) is 6.07 Å². The molecule has 1 aliphatic heterocycles. The summed E-state index contributed by atoms with van der Waals surface area (Å²) in [7, 11) is 1.68. The fourth-order valence-electron chi connectivity index (χ4n) is 1.76. The van der Waals surface area contributed by atoms with Gasteiger partial charge in [-0.15, -0.1) is 0 Å². The molecule has 0 radical (unpaired) electrons. The van der Waals surface area contributed by atoms with Crippen molar-refractivity contribution in [2.45, 2.75) is 32.3 Å². The van der Waals surface area contributed by atoms with Gasteiger partial charge in [-0.25, -0.2) is 0 Å². The minimum Gasteiger partial charge on any atom is -0.380 e. The van der Waals surface area contributed by atoms with Crippen molar-refractivity contribution in [3.63, 3.8) is 0 Å². The first-order valence-corrected chi connectivity index (χ1v) is 4.58. The molecule has 0 amide bonds. The van der Waals surface area contributed by atoms with Gasteiger partial charge in [0.05, 0.1) is 23.7 Å². The lowest BCUT2D eigenvalue weighted by Crippen LogP contribution is -2.33. The summed E-state index contributed by atoms with van der Waals surface area (Å²) in [5, 5.41) is 9.09. The Morgan fingerprint density at radius 3 is 2.69 bits per heavy atom. The number of nitriles is 1. The third kappa shape index (κ3) is 2.43. The third-order valence-corrected chi connectivity index (χ3v) is 2.66. The standard InChI is InChI=1S/C10H17NO2/c1-9(2,12-3)6-10(7-11)4-5-13-8-10/h4-6,8H2,1-3H3. The van der Waals surface area contributed by atoms with Gasteiger partial charge in [-0.2, -0.15) is 5.26 Å². The lowest BCUT2D eigenvalue weighted by molar-refractivity contribution is -0.0108. The van der Waals surface area contributed by atoms with Gasteiger partial charge in [0, 0.05) is 13.7 Å². The van der Waals surface area contributed by atoms with Gasteiger partial charge in [0.2, 0.25) is 0 Å². The Kier molecular flexibility index (Phi) is 2.94. The van der Waals surface area contributed by atoms with Crippen LogP contribution in [0.5, 0.6) is 0 Å². The second-order valence-corrected chi connectivity index (χ2v) is 4.34. The largest absolute Gasteiger partial charge is 0.380 e. The smallest absolute Gasteiger partial charge is 0.0855 e. The molecule has 1 saturated heterocycles. The van der Waals surface area contributed by atoms with Crippen LogP contribution in [0.1, 0.15) is 26.7 Å². The molecule has 1 heterocycles. The van der Waals surface area contributed by atoms with E-state index in [1.165, 1.54) is 0 Å². The highest BCUT2D eigenvalue weighted by molar-refractivity contribution is 5.04. The molecule has 1 atom stereocenters. The van der Waals surface area contributed by atoms with Crippen molar-refractivity contribution in [2.24, 2.45) is 5.41 Å². The Hall–Kier alpha value is -0.590. The quantitative estimate of drug-likeness (QED) is 0.669. The third-order valence-electron chi connectivity index (χ3n) is 2.66. The molecule has 0 aromatic carbocycles. The number of methoxy groups -OCH3 is 1. The number of hydrogen-bond acceptors (Lipinski definition) is 3. The molecule has 0 saturated carbocycles. The molecule has 3 nitrogen and oxygen atoms in total. The van der Waals surface area contributed by atoms with Crippen molar-refractivity contribution in [1.29, 1.82) is 5.26 Å². The average molecular weight is 183 g/mol. The second kappa shape index (κ2) is 3.65. The van der Waals surface area contributed by atoms with Gasteiger partial charge in [-0.3, -0.25) is 0 Å². The van der Waals surface area contributed by atoms with Crippen molar-refractivity contribution in [3.05, 3.63) is 0 Å². The van der Waals surface area contributed by atoms with E-state index in [0.717, 1.165) is 12.8 Å². The lowest BCUT2D eigenvalue weighted by Gasteiger charge is -2.30. The van der Waals surface area contributed by atoms with Crippen molar-refractivity contribution in [1.82, 2.24) is 0 Å². The van der Waals surface area contributed by atoms with Gasteiger partial charge >= 0.3 is 0 Å². The fourth-order valence-corrected chi connectivity index (χ4v) is 1.76. The topological polar surface area (TPSA) is 42.2 Å². The molecule has 0 aliphatic carbocycles. The first-order valence-electron chi connectivity index (χ1n) is 4.58. The van der Waals surface area contributed by atoms with Crippen LogP contribution in [0.25, 0.3) is 0 Å². The lowest BCUT2D eigenvalue weighted by atomic mass is 9.79. The van der Waals surface area contributed by atoms with Crippen LogP contribution >= 0.6 is 0 Å². The van der Waals surface area contributed by atoms with E-state index < -0.39 is 0 Å². The number of ether oxygens (including phenoxy) is 2. The normalized spacial score (nSPS) is 28.8. The van der Waals surface area contributed by atoms with Crippen molar-refractivity contribution >= 4 is 0 Å². The van der Waals surface area contributed by atoms with E-state index in [-0.39, 0.29) is 11.0 Å². The van der Waals surface area contributed by atoms with E-state index in [1.54, 1.807) is 7.11 Å². The van der Waals surface area contributed by atoms with E-state index in [9.17, 15) is 0 Å². The van der Waals surface area contributed by atoms with Gasteiger partial charge in [-0.1, -0.05) is 0 Å². The Labute approximate surface area is 79.6 Å². The molecule has 1 fully saturated rings. The fraction of sp³-hybridized carbons (Fsp3) is 0.900. The molecule has 74 valence electrons. The summed E-state index contributed by atoms with van der Waals surface area (Å²) < 4.78 is 10.6. The first kappa shape index (κ1) is 10.5. The van der Waals surface area contributed by atoms with E-state index in [0.29, 0.717) is 13.2 Å². The summed E-state index contributed by atoms with van der Waals surface area (Å²) in [4.78, 5) is 0. The molecule has 0 spiro atoms. The summed E-state index contributed by atoms with van der Waals surface area (Å²) in [5.74, 6) is 0. The maximum atomic E-state index is 9.09. The molecule has 0 aromatic heterocycles. The van der Waals surface area contributed by atoms with Crippen LogP contribution in [0.2, 0.25) is 0 Å². The summed E-state index contributed by atoms with van der Waals surface area (Å²) >= 11 is 0. The zero-order valence-electron chi connectivity index (χ0n) is 8.59. The molecule has 1 aliphatic rings. The first-order chi connectivity index (χ1) is 6.04. The molecular formula is C10H17NO2. The minimum atomic E-state index is -0.320. The Balaban J connectivity index is 2.64. The minimum absolute atomic E-state index is 0.233. The summed E-state index contributed by atoms with van der Waals surface area (Å²) in [6.07, 6.45) is 1.57. The SMILES string of the molecule is COC(C)(C)CC1(C#N)CCOC1. The maximum absolute atomic E-state index is 9.09. The summed E-state index contributed by atoms with van der Waals surface area (Å²) in [5.41, 5.74) is -0.553. The highest BCUT2D eigenvalue weighted by Crippen LogP contribution is 2.37. The molecule has 0 bridgehead atoms. The van der Waals surface area contributed by atoms with Gasteiger partial charge in [-0.05, 0) is 26.7 Å². The van der Waals surface area contributed by atoms with Crippen LogP contribution in [-0.2, 0) is 9.47 Å². The number of nitrogens with zero attached hydrogens (tertiary/aromatic N) is 1. The average Bonchev–Trinajstić information content (AvgIpc) is 2.53. The Bertz CT molecular complexity index is 211. The molecule has 1 rings (SSSR count). The van der Waals surface area contributed by atoms with Gasteiger partial charge in [0.25, 0.3) is 0 Å². The van der Waals surface area contributed by atoms with E-state index in [4.69, 9.17) is 14.7 Å². The molecule has 3 heteroatoms. The van der Waals surface area contributed by atoms with Gasteiger partial charge < -0.3 is 9.47 Å². The molecule has 0 N–H and O–H groups in total. The highest BCUT2D eigenvalue weighted by atomic mass is 16.5. The molecule has 0 aromatic rings. The van der Waals surface area contributed by atoms with Crippen LogP contribution < -0.4 is 0 Å².